The van der Waals surface area contributed by atoms with Gasteiger partial charge in [-0.1, -0.05) is 12.8 Å². The highest BCUT2D eigenvalue weighted by atomic mass is 16.3. The molecule has 0 aromatic carbocycles. The summed E-state index contributed by atoms with van der Waals surface area (Å²) in [4.78, 5) is 4.18. The van der Waals surface area contributed by atoms with Crippen molar-refractivity contribution in [3.63, 3.8) is 0 Å². The molecule has 1 unspecified atom stereocenters. The Balaban J connectivity index is 2.17. The molecule has 1 heterocycles. The molecule has 1 aliphatic carbocycles. The first-order valence-electron chi connectivity index (χ1n) is 4.80. The summed E-state index contributed by atoms with van der Waals surface area (Å²) in [5.41, 5.74) is -0.751. The Labute approximate surface area is 78.4 Å². The predicted molar refractivity (Wildman–Crippen MR) is 50.1 cm³/mol. The quantitative estimate of drug-likeness (QED) is 0.764. The molecule has 3 heteroatoms. The third-order valence-electron chi connectivity index (χ3n) is 2.69. The molecular formula is C10H16N2O. The second-order valence-electron chi connectivity index (χ2n) is 4.28. The van der Waals surface area contributed by atoms with Gasteiger partial charge in [-0.3, -0.25) is 0 Å². The Hall–Kier alpha value is -0.830. The van der Waals surface area contributed by atoms with Crippen molar-refractivity contribution < 1.29 is 5.11 Å². The van der Waals surface area contributed by atoms with Crippen LogP contribution in [0.2, 0.25) is 0 Å². The zero-order chi connectivity index (χ0) is 9.47. The summed E-state index contributed by atoms with van der Waals surface area (Å²) in [5, 5.41) is 10.2. The largest absolute Gasteiger partial charge is 0.382 e. The van der Waals surface area contributed by atoms with Gasteiger partial charge in [-0.15, -0.1) is 0 Å². The SMILES string of the molecule is Cn1ccnc1C(C)(O)CC1CC1. The van der Waals surface area contributed by atoms with Gasteiger partial charge in [-0.05, 0) is 19.3 Å². The van der Waals surface area contributed by atoms with Crippen molar-refractivity contribution in [2.24, 2.45) is 13.0 Å². The second kappa shape index (κ2) is 2.84. The van der Waals surface area contributed by atoms with Crippen molar-refractivity contribution in [3.05, 3.63) is 18.2 Å². The van der Waals surface area contributed by atoms with Crippen LogP contribution in [0.3, 0.4) is 0 Å². The monoisotopic (exact) mass is 180 g/mol. The second-order valence-corrected chi connectivity index (χ2v) is 4.28. The van der Waals surface area contributed by atoms with Gasteiger partial charge in [0.2, 0.25) is 0 Å². The van der Waals surface area contributed by atoms with E-state index in [1.807, 2.05) is 24.7 Å². The fourth-order valence-corrected chi connectivity index (χ4v) is 1.86. The van der Waals surface area contributed by atoms with Crippen LogP contribution >= 0.6 is 0 Å². The fourth-order valence-electron chi connectivity index (χ4n) is 1.86. The predicted octanol–water partition coefficient (Wildman–Crippen LogP) is 1.43. The number of aliphatic hydroxyl groups is 1. The minimum absolute atomic E-state index is 0.715. The molecule has 0 radical (unpaired) electrons. The van der Waals surface area contributed by atoms with E-state index in [4.69, 9.17) is 0 Å². The molecule has 1 saturated carbocycles. The summed E-state index contributed by atoms with van der Waals surface area (Å²) in [7, 11) is 1.92. The molecule has 2 rings (SSSR count). The number of hydrogen-bond donors (Lipinski definition) is 1. The van der Waals surface area contributed by atoms with Crippen LogP contribution in [0.5, 0.6) is 0 Å². The third kappa shape index (κ3) is 1.75. The first-order valence-corrected chi connectivity index (χ1v) is 4.80. The Morgan fingerprint density at radius 1 is 1.69 bits per heavy atom. The van der Waals surface area contributed by atoms with Crippen molar-refractivity contribution >= 4 is 0 Å². The van der Waals surface area contributed by atoms with Gasteiger partial charge < -0.3 is 9.67 Å². The van der Waals surface area contributed by atoms with Gasteiger partial charge >= 0.3 is 0 Å². The van der Waals surface area contributed by atoms with Gasteiger partial charge in [0, 0.05) is 19.4 Å². The molecule has 1 fully saturated rings. The lowest BCUT2D eigenvalue weighted by atomic mass is 9.98. The lowest BCUT2D eigenvalue weighted by Gasteiger charge is -2.22. The molecule has 1 N–H and O–H groups in total. The summed E-state index contributed by atoms with van der Waals surface area (Å²) in [6.45, 7) is 1.85. The molecule has 13 heavy (non-hydrogen) atoms. The van der Waals surface area contributed by atoms with Crippen LogP contribution in [0.1, 0.15) is 32.0 Å². The topological polar surface area (TPSA) is 38.0 Å². The highest BCUT2D eigenvalue weighted by Crippen LogP contribution is 2.39. The van der Waals surface area contributed by atoms with Crippen molar-refractivity contribution in [1.29, 1.82) is 0 Å². The summed E-state index contributed by atoms with van der Waals surface area (Å²) in [6, 6.07) is 0. The summed E-state index contributed by atoms with van der Waals surface area (Å²) >= 11 is 0. The number of imidazole rings is 1. The van der Waals surface area contributed by atoms with Gasteiger partial charge in [0.05, 0.1) is 0 Å². The number of rotatable bonds is 3. The molecule has 0 aliphatic heterocycles. The van der Waals surface area contributed by atoms with Crippen LogP contribution in [-0.4, -0.2) is 14.7 Å². The van der Waals surface area contributed by atoms with Crippen LogP contribution < -0.4 is 0 Å². The molecular weight excluding hydrogens is 164 g/mol. The van der Waals surface area contributed by atoms with Crippen LogP contribution in [0, 0.1) is 5.92 Å². The summed E-state index contributed by atoms with van der Waals surface area (Å²) in [6.07, 6.45) is 6.98. The number of hydrogen-bond acceptors (Lipinski definition) is 2. The zero-order valence-electron chi connectivity index (χ0n) is 8.20. The van der Waals surface area contributed by atoms with E-state index in [1.165, 1.54) is 12.8 Å². The normalized spacial score (nSPS) is 21.5. The van der Waals surface area contributed by atoms with Gasteiger partial charge in [0.15, 0.2) is 0 Å². The van der Waals surface area contributed by atoms with Crippen molar-refractivity contribution in [2.45, 2.75) is 31.8 Å². The standard InChI is InChI=1S/C10H16N2O/c1-10(13,7-8-3-4-8)9-11-5-6-12(9)2/h5-6,8,13H,3-4,7H2,1-2H3. The first kappa shape index (κ1) is 8.75. The highest BCUT2D eigenvalue weighted by molar-refractivity contribution is 5.04. The van der Waals surface area contributed by atoms with E-state index in [0.29, 0.717) is 5.92 Å². The van der Waals surface area contributed by atoms with Crippen LogP contribution in [0.4, 0.5) is 0 Å². The lowest BCUT2D eigenvalue weighted by Crippen LogP contribution is -2.26. The minimum Gasteiger partial charge on any atom is -0.382 e. The molecule has 3 nitrogen and oxygen atoms in total. The van der Waals surface area contributed by atoms with E-state index in [0.717, 1.165) is 12.2 Å². The van der Waals surface area contributed by atoms with Crippen molar-refractivity contribution in [3.8, 4) is 0 Å². The van der Waals surface area contributed by atoms with Gasteiger partial charge in [0.25, 0.3) is 0 Å². The Morgan fingerprint density at radius 3 is 2.85 bits per heavy atom. The maximum atomic E-state index is 10.2. The zero-order valence-corrected chi connectivity index (χ0v) is 8.20. The van der Waals surface area contributed by atoms with E-state index in [9.17, 15) is 5.11 Å². The maximum absolute atomic E-state index is 10.2. The summed E-state index contributed by atoms with van der Waals surface area (Å²) in [5.74, 6) is 1.49. The van der Waals surface area contributed by atoms with Gasteiger partial charge in [-0.2, -0.15) is 0 Å². The number of nitrogens with zero attached hydrogens (tertiary/aromatic N) is 2. The van der Waals surface area contributed by atoms with Crippen molar-refractivity contribution in [2.75, 3.05) is 0 Å². The Kier molecular flexibility index (Phi) is 1.91. The average Bonchev–Trinajstić information content (AvgIpc) is 2.69. The molecule has 0 amide bonds. The average molecular weight is 180 g/mol. The Bertz CT molecular complexity index is 300. The molecule has 0 bridgehead atoms. The molecule has 1 aromatic rings. The third-order valence-corrected chi connectivity index (χ3v) is 2.69. The fraction of sp³-hybridized carbons (Fsp3) is 0.700. The van der Waals surface area contributed by atoms with E-state index in [2.05, 4.69) is 4.98 Å². The Morgan fingerprint density at radius 2 is 2.38 bits per heavy atom. The highest BCUT2D eigenvalue weighted by Gasteiger charge is 2.35. The molecule has 1 aromatic heterocycles. The summed E-state index contributed by atoms with van der Waals surface area (Å²) < 4.78 is 1.89. The van der Waals surface area contributed by atoms with Gasteiger partial charge in [0.1, 0.15) is 11.4 Å². The van der Waals surface area contributed by atoms with Crippen LogP contribution in [0.15, 0.2) is 12.4 Å². The molecule has 0 saturated heterocycles. The molecule has 1 atom stereocenters. The lowest BCUT2D eigenvalue weighted by molar-refractivity contribution is 0.0300. The van der Waals surface area contributed by atoms with Gasteiger partial charge in [-0.25, -0.2) is 4.98 Å². The number of aromatic nitrogens is 2. The molecule has 0 spiro atoms. The smallest absolute Gasteiger partial charge is 0.140 e. The van der Waals surface area contributed by atoms with E-state index < -0.39 is 5.60 Å². The number of aryl methyl sites for hydroxylation is 1. The van der Waals surface area contributed by atoms with Crippen LogP contribution in [-0.2, 0) is 12.6 Å². The van der Waals surface area contributed by atoms with Crippen molar-refractivity contribution in [1.82, 2.24) is 9.55 Å². The minimum atomic E-state index is -0.751. The van der Waals surface area contributed by atoms with E-state index in [1.54, 1.807) is 6.20 Å². The van der Waals surface area contributed by atoms with Crippen LogP contribution in [0.25, 0.3) is 0 Å². The molecule has 1 aliphatic rings. The molecule has 72 valence electrons. The maximum Gasteiger partial charge on any atom is 0.140 e. The first-order chi connectivity index (χ1) is 6.09. The van der Waals surface area contributed by atoms with E-state index in [-0.39, 0.29) is 0 Å². The van der Waals surface area contributed by atoms with E-state index >= 15 is 0 Å².